The molecule has 1 aromatic carbocycles. The fourth-order valence-electron chi connectivity index (χ4n) is 1.57. The summed E-state index contributed by atoms with van der Waals surface area (Å²) in [6.07, 6.45) is 0. The molecule has 0 spiro atoms. The summed E-state index contributed by atoms with van der Waals surface area (Å²) in [6.45, 7) is 1.70. The molecule has 0 saturated heterocycles. The zero-order chi connectivity index (χ0) is 12.4. The second-order valence-corrected chi connectivity index (χ2v) is 3.64. The van der Waals surface area contributed by atoms with Gasteiger partial charge in [-0.05, 0) is 30.7 Å². The summed E-state index contributed by atoms with van der Waals surface area (Å²) in [6, 6.07) is 8.90. The first kappa shape index (κ1) is 14.4. The molecule has 2 rings (SSSR count). The standard InChI is InChI=1S/C13H10FNO2.Li/c1-8-2-7-11(12(15-8)13(16)17)9-3-5-10(14)6-4-9;/h2-7H,1H3,(H,16,17);/q;+1/p-1. The zero-order valence-corrected chi connectivity index (χ0v) is 10.1. The van der Waals surface area contributed by atoms with Crippen LogP contribution in [0.5, 0.6) is 0 Å². The molecule has 86 valence electrons. The summed E-state index contributed by atoms with van der Waals surface area (Å²) in [5.41, 5.74) is 1.49. The Hall–Kier alpha value is -1.63. The minimum Gasteiger partial charge on any atom is -0.543 e. The molecular weight excluding hydrogens is 228 g/mol. The second kappa shape index (κ2) is 5.81. The Bertz CT molecular complexity index is 570. The van der Waals surface area contributed by atoms with Gasteiger partial charge in [-0.1, -0.05) is 18.2 Å². The molecule has 0 radical (unpaired) electrons. The van der Waals surface area contributed by atoms with Gasteiger partial charge in [0.1, 0.15) is 5.82 Å². The smallest absolute Gasteiger partial charge is 0.543 e. The monoisotopic (exact) mass is 237 g/mol. The predicted molar refractivity (Wildman–Crippen MR) is 58.7 cm³/mol. The van der Waals surface area contributed by atoms with Gasteiger partial charge in [-0.3, -0.25) is 4.98 Å². The Morgan fingerprint density at radius 1 is 1.17 bits per heavy atom. The van der Waals surface area contributed by atoms with Crippen molar-refractivity contribution in [1.29, 1.82) is 0 Å². The van der Waals surface area contributed by atoms with Crippen LogP contribution in [0.3, 0.4) is 0 Å². The van der Waals surface area contributed by atoms with Gasteiger partial charge in [-0.15, -0.1) is 0 Å². The van der Waals surface area contributed by atoms with E-state index < -0.39 is 5.97 Å². The normalized spacial score (nSPS) is 9.67. The summed E-state index contributed by atoms with van der Waals surface area (Å²) in [7, 11) is 0. The quantitative estimate of drug-likeness (QED) is 0.601. The molecule has 0 aliphatic rings. The number of aryl methyl sites for hydroxylation is 1. The van der Waals surface area contributed by atoms with Gasteiger partial charge in [-0.25, -0.2) is 4.39 Å². The van der Waals surface area contributed by atoms with Crippen molar-refractivity contribution in [3.63, 3.8) is 0 Å². The van der Waals surface area contributed by atoms with Gasteiger partial charge in [0.2, 0.25) is 0 Å². The largest absolute Gasteiger partial charge is 1.00 e. The predicted octanol–water partition coefficient (Wildman–Crippen LogP) is -1.44. The number of halogens is 1. The second-order valence-electron chi connectivity index (χ2n) is 3.64. The number of benzene rings is 1. The molecule has 0 saturated carbocycles. The molecular formula is C13H9FLiNO2. The molecule has 0 fully saturated rings. The molecule has 0 amide bonds. The number of pyridine rings is 1. The van der Waals surface area contributed by atoms with E-state index in [4.69, 9.17) is 0 Å². The van der Waals surface area contributed by atoms with Crippen molar-refractivity contribution in [2.75, 3.05) is 0 Å². The van der Waals surface area contributed by atoms with E-state index in [0.29, 0.717) is 16.8 Å². The maximum atomic E-state index is 12.8. The van der Waals surface area contributed by atoms with E-state index in [1.165, 1.54) is 24.3 Å². The summed E-state index contributed by atoms with van der Waals surface area (Å²) in [4.78, 5) is 14.9. The third-order valence-electron chi connectivity index (χ3n) is 2.38. The number of aromatic carboxylic acids is 1. The molecule has 18 heavy (non-hydrogen) atoms. The molecule has 0 bridgehead atoms. The Balaban J connectivity index is 0.00000162. The molecule has 0 unspecified atom stereocenters. The van der Waals surface area contributed by atoms with Crippen LogP contribution in [-0.2, 0) is 0 Å². The van der Waals surface area contributed by atoms with E-state index in [0.717, 1.165) is 0 Å². The topological polar surface area (TPSA) is 53.0 Å². The van der Waals surface area contributed by atoms with E-state index in [-0.39, 0.29) is 30.4 Å². The Labute approximate surface area is 116 Å². The van der Waals surface area contributed by atoms with Crippen LogP contribution in [0.1, 0.15) is 16.2 Å². The first-order valence-corrected chi connectivity index (χ1v) is 5.03. The number of hydrogen-bond donors (Lipinski definition) is 0. The number of carbonyl (C=O) groups is 1. The minimum absolute atomic E-state index is 0. The number of aromatic nitrogens is 1. The van der Waals surface area contributed by atoms with Crippen LogP contribution in [-0.4, -0.2) is 11.0 Å². The average Bonchev–Trinajstić information content (AvgIpc) is 2.30. The number of nitrogens with zero attached hydrogens (tertiary/aromatic N) is 1. The zero-order valence-electron chi connectivity index (χ0n) is 10.1. The maximum absolute atomic E-state index is 12.8. The van der Waals surface area contributed by atoms with Gasteiger partial charge in [0, 0.05) is 11.3 Å². The summed E-state index contributed by atoms with van der Waals surface area (Å²) in [5, 5.41) is 11.0. The van der Waals surface area contributed by atoms with E-state index in [1.807, 2.05) is 0 Å². The summed E-state index contributed by atoms with van der Waals surface area (Å²) in [5.74, 6) is -1.71. The van der Waals surface area contributed by atoms with Crippen LogP contribution >= 0.6 is 0 Å². The summed E-state index contributed by atoms with van der Waals surface area (Å²) < 4.78 is 12.8. The molecule has 1 aromatic heterocycles. The van der Waals surface area contributed by atoms with E-state index in [9.17, 15) is 14.3 Å². The van der Waals surface area contributed by atoms with Crippen molar-refractivity contribution in [1.82, 2.24) is 4.98 Å². The van der Waals surface area contributed by atoms with Crippen LogP contribution in [0.15, 0.2) is 36.4 Å². The Morgan fingerprint density at radius 2 is 1.78 bits per heavy atom. The molecule has 3 nitrogen and oxygen atoms in total. The molecule has 2 aromatic rings. The van der Waals surface area contributed by atoms with Crippen molar-refractivity contribution >= 4 is 5.97 Å². The van der Waals surface area contributed by atoms with Gasteiger partial charge < -0.3 is 9.90 Å². The van der Waals surface area contributed by atoms with Crippen LogP contribution in [0.2, 0.25) is 0 Å². The van der Waals surface area contributed by atoms with Crippen molar-refractivity contribution in [3.05, 3.63) is 53.6 Å². The first-order valence-electron chi connectivity index (χ1n) is 5.03. The van der Waals surface area contributed by atoms with Gasteiger partial charge >= 0.3 is 18.9 Å². The average molecular weight is 237 g/mol. The molecule has 0 aliphatic carbocycles. The van der Waals surface area contributed by atoms with Crippen LogP contribution < -0.4 is 24.0 Å². The van der Waals surface area contributed by atoms with Crippen molar-refractivity contribution in [2.24, 2.45) is 0 Å². The Morgan fingerprint density at radius 3 is 2.33 bits per heavy atom. The number of hydrogen-bond acceptors (Lipinski definition) is 3. The van der Waals surface area contributed by atoms with Crippen molar-refractivity contribution in [3.8, 4) is 11.1 Å². The fraction of sp³-hybridized carbons (Fsp3) is 0.0769. The van der Waals surface area contributed by atoms with Crippen LogP contribution in [0.4, 0.5) is 4.39 Å². The first-order chi connectivity index (χ1) is 8.08. The van der Waals surface area contributed by atoms with Crippen molar-refractivity contribution in [2.45, 2.75) is 6.92 Å². The molecule has 0 aliphatic heterocycles. The van der Waals surface area contributed by atoms with Crippen LogP contribution in [0, 0.1) is 12.7 Å². The molecule has 0 N–H and O–H groups in total. The van der Waals surface area contributed by atoms with Gasteiger partial charge in [0.05, 0.1) is 11.7 Å². The van der Waals surface area contributed by atoms with Gasteiger partial charge in [-0.2, -0.15) is 0 Å². The number of carbonyl (C=O) groups excluding carboxylic acids is 1. The van der Waals surface area contributed by atoms with Crippen molar-refractivity contribution < 1.29 is 33.2 Å². The van der Waals surface area contributed by atoms with E-state index in [1.54, 1.807) is 19.1 Å². The number of rotatable bonds is 2. The van der Waals surface area contributed by atoms with Gasteiger partial charge in [0.15, 0.2) is 0 Å². The third-order valence-corrected chi connectivity index (χ3v) is 2.38. The van der Waals surface area contributed by atoms with Gasteiger partial charge in [0.25, 0.3) is 0 Å². The maximum Gasteiger partial charge on any atom is 1.00 e. The fourth-order valence-corrected chi connectivity index (χ4v) is 1.57. The third kappa shape index (κ3) is 2.98. The van der Waals surface area contributed by atoms with E-state index >= 15 is 0 Å². The summed E-state index contributed by atoms with van der Waals surface area (Å²) >= 11 is 0. The molecule has 5 heteroatoms. The SMILES string of the molecule is Cc1ccc(-c2ccc(F)cc2)c(C(=O)[O-])n1.[Li+]. The van der Waals surface area contributed by atoms with Crippen LogP contribution in [0.25, 0.3) is 11.1 Å². The minimum atomic E-state index is -1.34. The van der Waals surface area contributed by atoms with E-state index in [2.05, 4.69) is 4.98 Å². The number of carboxylic acids is 1. The Kier molecular flexibility index (Phi) is 4.66. The molecule has 1 heterocycles. The number of carboxylic acid groups (broad SMARTS) is 1. The molecule has 0 atom stereocenters.